The molecule has 0 amide bonds. The highest BCUT2D eigenvalue weighted by atomic mass is 79.9. The van der Waals surface area contributed by atoms with E-state index in [0.29, 0.717) is 5.69 Å². The van der Waals surface area contributed by atoms with Crippen LogP contribution in [0, 0.1) is 0 Å². The Morgan fingerprint density at radius 3 is 2.89 bits per heavy atom. The molecule has 3 nitrogen and oxygen atoms in total. The summed E-state index contributed by atoms with van der Waals surface area (Å²) >= 11 is 3.44. The van der Waals surface area contributed by atoms with Crippen molar-refractivity contribution in [1.29, 1.82) is 0 Å². The van der Waals surface area contributed by atoms with Gasteiger partial charge in [0.1, 0.15) is 0 Å². The molecule has 1 aliphatic carbocycles. The fraction of sp³-hybridized carbons (Fsp3) is 0.538. The zero-order chi connectivity index (χ0) is 13.1. The van der Waals surface area contributed by atoms with E-state index in [1.54, 1.807) is 13.2 Å². The highest BCUT2D eigenvalue weighted by molar-refractivity contribution is 9.10. The topological polar surface area (TPSA) is 52.3 Å². The molecule has 0 bridgehead atoms. The van der Waals surface area contributed by atoms with Crippen LogP contribution in [0.3, 0.4) is 0 Å². The molecule has 3 unspecified atom stereocenters. The zero-order valence-corrected chi connectivity index (χ0v) is 12.8. The fourth-order valence-electron chi connectivity index (χ4n) is 2.37. The molecule has 3 atom stereocenters. The van der Waals surface area contributed by atoms with Crippen molar-refractivity contribution in [3.05, 3.63) is 22.7 Å². The van der Waals surface area contributed by atoms with Gasteiger partial charge in [-0.3, -0.25) is 4.21 Å². The first-order chi connectivity index (χ1) is 8.61. The Morgan fingerprint density at radius 1 is 1.44 bits per heavy atom. The van der Waals surface area contributed by atoms with Crippen LogP contribution in [0.2, 0.25) is 0 Å². The third kappa shape index (κ3) is 3.13. The van der Waals surface area contributed by atoms with E-state index in [1.165, 1.54) is 0 Å². The van der Waals surface area contributed by atoms with Gasteiger partial charge >= 0.3 is 0 Å². The van der Waals surface area contributed by atoms with Gasteiger partial charge in [0.05, 0.1) is 21.8 Å². The van der Waals surface area contributed by atoms with Crippen LogP contribution in [0.15, 0.2) is 27.6 Å². The molecule has 1 saturated carbocycles. The van der Waals surface area contributed by atoms with Gasteiger partial charge in [0.25, 0.3) is 0 Å². The van der Waals surface area contributed by atoms with Gasteiger partial charge in [-0.1, -0.05) is 0 Å². The summed E-state index contributed by atoms with van der Waals surface area (Å²) in [5.41, 5.74) is 6.38. The number of anilines is 1. The van der Waals surface area contributed by atoms with Crippen LogP contribution in [0.1, 0.15) is 25.7 Å². The van der Waals surface area contributed by atoms with Crippen molar-refractivity contribution in [3.8, 4) is 0 Å². The summed E-state index contributed by atoms with van der Waals surface area (Å²) in [5.74, 6) is 0. The second-order valence-electron chi connectivity index (χ2n) is 4.63. The molecule has 2 rings (SSSR count). The van der Waals surface area contributed by atoms with E-state index in [-0.39, 0.29) is 11.4 Å². The predicted molar refractivity (Wildman–Crippen MR) is 78.0 cm³/mol. The van der Waals surface area contributed by atoms with Crippen LogP contribution in [0.5, 0.6) is 0 Å². The minimum absolute atomic E-state index is 0.184. The largest absolute Gasteiger partial charge is 0.399 e. The number of methoxy groups -OCH3 is 1. The van der Waals surface area contributed by atoms with Gasteiger partial charge < -0.3 is 10.5 Å². The average molecular weight is 332 g/mol. The van der Waals surface area contributed by atoms with E-state index in [4.69, 9.17) is 10.5 Å². The number of hydrogen-bond acceptors (Lipinski definition) is 3. The summed E-state index contributed by atoms with van der Waals surface area (Å²) in [6, 6.07) is 5.46. The Bertz CT molecular complexity index is 453. The monoisotopic (exact) mass is 331 g/mol. The van der Waals surface area contributed by atoms with Crippen molar-refractivity contribution in [3.63, 3.8) is 0 Å². The number of benzene rings is 1. The van der Waals surface area contributed by atoms with Crippen molar-refractivity contribution in [2.45, 2.75) is 41.9 Å². The third-order valence-electron chi connectivity index (χ3n) is 3.39. The van der Waals surface area contributed by atoms with Crippen LogP contribution in [-0.4, -0.2) is 22.7 Å². The lowest BCUT2D eigenvalue weighted by Crippen LogP contribution is -2.28. The van der Waals surface area contributed by atoms with Crippen LogP contribution in [0.25, 0.3) is 0 Å². The van der Waals surface area contributed by atoms with E-state index < -0.39 is 10.8 Å². The summed E-state index contributed by atoms with van der Waals surface area (Å²) in [5, 5.41) is 0.184. The maximum Gasteiger partial charge on any atom is 0.0583 e. The van der Waals surface area contributed by atoms with Crippen LogP contribution in [0.4, 0.5) is 5.69 Å². The highest BCUT2D eigenvalue weighted by Crippen LogP contribution is 2.31. The van der Waals surface area contributed by atoms with Crippen molar-refractivity contribution in [2.75, 3.05) is 12.8 Å². The van der Waals surface area contributed by atoms with E-state index in [9.17, 15) is 4.21 Å². The van der Waals surface area contributed by atoms with Gasteiger partial charge in [0, 0.05) is 22.5 Å². The molecule has 100 valence electrons. The smallest absolute Gasteiger partial charge is 0.0583 e. The fourth-order valence-corrected chi connectivity index (χ4v) is 4.83. The van der Waals surface area contributed by atoms with Gasteiger partial charge in [0.2, 0.25) is 0 Å². The zero-order valence-electron chi connectivity index (χ0n) is 10.4. The molecule has 0 aliphatic heterocycles. The van der Waals surface area contributed by atoms with Gasteiger partial charge in [-0.2, -0.15) is 0 Å². The summed E-state index contributed by atoms with van der Waals surface area (Å²) in [4.78, 5) is 0.839. The number of hydrogen-bond donors (Lipinski definition) is 1. The predicted octanol–water partition coefficient (Wildman–Crippen LogP) is 3.10. The Hall–Kier alpha value is -0.390. The highest BCUT2D eigenvalue weighted by Gasteiger charge is 2.27. The van der Waals surface area contributed by atoms with Crippen LogP contribution >= 0.6 is 15.9 Å². The maximum atomic E-state index is 12.6. The van der Waals surface area contributed by atoms with Gasteiger partial charge in [-0.25, -0.2) is 0 Å². The van der Waals surface area contributed by atoms with Gasteiger partial charge in [-0.05, 0) is 59.8 Å². The quantitative estimate of drug-likeness (QED) is 0.866. The SMILES string of the molecule is COC1CCCC(S(=O)c2ccc(N)cc2Br)C1. The van der Waals surface area contributed by atoms with Gasteiger partial charge in [-0.15, -0.1) is 0 Å². The van der Waals surface area contributed by atoms with Crippen LogP contribution in [-0.2, 0) is 15.5 Å². The number of rotatable bonds is 3. The first-order valence-electron chi connectivity index (χ1n) is 6.10. The second kappa shape index (κ2) is 6.17. The molecule has 5 heteroatoms. The Labute approximate surface area is 119 Å². The third-order valence-corrected chi connectivity index (χ3v) is 6.13. The van der Waals surface area contributed by atoms with Crippen molar-refractivity contribution < 1.29 is 8.95 Å². The Balaban J connectivity index is 2.15. The normalized spacial score (nSPS) is 25.9. The molecule has 18 heavy (non-hydrogen) atoms. The Morgan fingerprint density at radius 2 is 2.22 bits per heavy atom. The molecule has 1 aromatic carbocycles. The number of ether oxygens (including phenoxy) is 1. The minimum Gasteiger partial charge on any atom is -0.399 e. The molecule has 2 N–H and O–H groups in total. The van der Waals surface area contributed by atoms with Crippen molar-refractivity contribution in [1.82, 2.24) is 0 Å². The number of nitrogen functional groups attached to an aromatic ring is 1. The molecule has 1 fully saturated rings. The van der Waals surface area contributed by atoms with E-state index in [1.807, 2.05) is 12.1 Å². The van der Waals surface area contributed by atoms with Crippen molar-refractivity contribution in [2.24, 2.45) is 0 Å². The molecule has 0 saturated heterocycles. The lowest BCUT2D eigenvalue weighted by atomic mass is 9.97. The molecule has 0 radical (unpaired) electrons. The van der Waals surface area contributed by atoms with Crippen molar-refractivity contribution >= 4 is 32.4 Å². The molecular formula is C13H18BrNO2S. The van der Waals surface area contributed by atoms with Gasteiger partial charge in [0.15, 0.2) is 0 Å². The number of halogens is 1. The van der Waals surface area contributed by atoms with E-state index in [0.717, 1.165) is 35.1 Å². The summed E-state index contributed by atoms with van der Waals surface area (Å²) in [7, 11) is 0.737. The maximum absolute atomic E-state index is 12.6. The summed E-state index contributed by atoms with van der Waals surface area (Å²) in [6.45, 7) is 0. The molecular weight excluding hydrogens is 314 g/mol. The van der Waals surface area contributed by atoms with Crippen LogP contribution < -0.4 is 5.73 Å². The molecule has 0 heterocycles. The summed E-state index contributed by atoms with van der Waals surface area (Å²) in [6.07, 6.45) is 4.29. The number of nitrogens with two attached hydrogens (primary N) is 1. The Kier molecular flexibility index (Phi) is 4.81. The van der Waals surface area contributed by atoms with E-state index in [2.05, 4.69) is 15.9 Å². The average Bonchev–Trinajstić information content (AvgIpc) is 2.38. The molecule has 0 spiro atoms. The first kappa shape index (κ1) is 14.0. The standard InChI is InChI=1S/C13H18BrNO2S/c1-17-10-3-2-4-11(8-10)18(16)13-6-5-9(15)7-12(13)14/h5-7,10-11H,2-4,8,15H2,1H3. The first-order valence-corrected chi connectivity index (χ1v) is 8.11. The lowest BCUT2D eigenvalue weighted by Gasteiger charge is -2.27. The minimum atomic E-state index is -0.994. The molecule has 1 aliphatic rings. The van der Waals surface area contributed by atoms with E-state index >= 15 is 0 Å². The molecule has 1 aromatic rings. The molecule has 0 aromatic heterocycles. The summed E-state index contributed by atoms with van der Waals surface area (Å²) < 4.78 is 18.8. The second-order valence-corrected chi connectivity index (χ2v) is 7.19. The lowest BCUT2D eigenvalue weighted by molar-refractivity contribution is 0.0725.